The van der Waals surface area contributed by atoms with E-state index in [1.54, 1.807) is 0 Å². The molecule has 4 rings (SSSR count). The number of nitrogens with one attached hydrogen (secondary N) is 1. The zero-order valence-corrected chi connectivity index (χ0v) is 15.5. The molecule has 0 unspecified atom stereocenters. The number of carbonyl (C=O) groups is 1. The average Bonchev–Trinajstić information content (AvgIpc) is 2.78. The van der Waals surface area contributed by atoms with Crippen LogP contribution >= 0.6 is 11.6 Å². The standard InChI is InChI=1S/C20H21ClN2O3/c1-12-9-10-23-15-11-13(21)7-8-17(15)26-16-6-4-3-5-14(16)19(23)18(12)22-20(24)25-2/h3-8,11-12,18-19H,9-10H2,1-2H3,(H,22,24)/t12-,18-,19+/m1/s1. The highest BCUT2D eigenvalue weighted by molar-refractivity contribution is 6.31. The Morgan fingerprint density at radius 2 is 2.08 bits per heavy atom. The quantitative estimate of drug-likeness (QED) is 0.784. The van der Waals surface area contributed by atoms with Crippen LogP contribution in [0.3, 0.4) is 0 Å². The van der Waals surface area contributed by atoms with E-state index in [-0.39, 0.29) is 12.1 Å². The molecule has 1 amide bonds. The van der Waals surface area contributed by atoms with Gasteiger partial charge in [0, 0.05) is 17.1 Å². The molecule has 1 saturated heterocycles. The molecule has 0 aliphatic carbocycles. The molecule has 5 nitrogen and oxygen atoms in total. The number of nitrogens with zero attached hydrogens (tertiary/aromatic N) is 1. The van der Waals surface area contributed by atoms with Crippen LogP contribution in [-0.2, 0) is 4.74 Å². The molecule has 0 aromatic heterocycles. The fraction of sp³-hybridized carbons (Fsp3) is 0.350. The lowest BCUT2D eigenvalue weighted by Crippen LogP contribution is -2.53. The molecule has 0 saturated carbocycles. The van der Waals surface area contributed by atoms with Gasteiger partial charge in [-0.05, 0) is 36.6 Å². The normalized spacial score (nSPS) is 23.7. The van der Waals surface area contributed by atoms with Gasteiger partial charge in [-0.2, -0.15) is 0 Å². The second-order valence-electron chi connectivity index (χ2n) is 6.82. The molecule has 0 spiro atoms. The predicted octanol–water partition coefficient (Wildman–Crippen LogP) is 4.76. The lowest BCUT2D eigenvalue weighted by atomic mass is 9.82. The molecule has 26 heavy (non-hydrogen) atoms. The first-order chi connectivity index (χ1) is 12.6. The first-order valence-corrected chi connectivity index (χ1v) is 9.13. The van der Waals surface area contributed by atoms with Crippen LogP contribution in [0.25, 0.3) is 0 Å². The zero-order chi connectivity index (χ0) is 18.3. The second kappa shape index (κ2) is 6.72. The maximum Gasteiger partial charge on any atom is 0.407 e. The number of hydrogen-bond donors (Lipinski definition) is 1. The predicted molar refractivity (Wildman–Crippen MR) is 101 cm³/mol. The van der Waals surface area contributed by atoms with Gasteiger partial charge in [-0.3, -0.25) is 0 Å². The summed E-state index contributed by atoms with van der Waals surface area (Å²) in [5.41, 5.74) is 2.00. The molecule has 2 aliphatic rings. The number of piperidine rings is 1. The van der Waals surface area contributed by atoms with Crippen molar-refractivity contribution in [2.24, 2.45) is 5.92 Å². The fourth-order valence-corrected chi connectivity index (χ4v) is 4.12. The van der Waals surface area contributed by atoms with E-state index in [1.165, 1.54) is 7.11 Å². The lowest BCUT2D eigenvalue weighted by Gasteiger charge is -2.45. The van der Waals surface area contributed by atoms with Gasteiger partial charge in [-0.15, -0.1) is 0 Å². The number of hydrogen-bond acceptors (Lipinski definition) is 4. The molecule has 2 heterocycles. The Kier molecular flexibility index (Phi) is 4.41. The van der Waals surface area contributed by atoms with Crippen LogP contribution in [0.2, 0.25) is 5.02 Å². The van der Waals surface area contributed by atoms with Crippen molar-refractivity contribution in [1.29, 1.82) is 0 Å². The van der Waals surface area contributed by atoms with Crippen molar-refractivity contribution in [3.8, 4) is 11.5 Å². The third-order valence-electron chi connectivity index (χ3n) is 5.27. The Morgan fingerprint density at radius 1 is 1.27 bits per heavy atom. The van der Waals surface area contributed by atoms with Gasteiger partial charge in [0.05, 0.1) is 24.9 Å². The lowest BCUT2D eigenvalue weighted by molar-refractivity contribution is 0.154. The second-order valence-corrected chi connectivity index (χ2v) is 7.25. The number of amides is 1. The maximum atomic E-state index is 12.0. The molecule has 136 valence electrons. The van der Waals surface area contributed by atoms with Crippen molar-refractivity contribution in [3.63, 3.8) is 0 Å². The van der Waals surface area contributed by atoms with Crippen molar-refractivity contribution in [2.75, 3.05) is 18.6 Å². The topological polar surface area (TPSA) is 50.8 Å². The minimum absolute atomic E-state index is 0.0613. The molecule has 2 aromatic carbocycles. The Labute approximate surface area is 157 Å². The van der Waals surface area contributed by atoms with E-state index in [0.29, 0.717) is 10.9 Å². The fourth-order valence-electron chi connectivity index (χ4n) is 3.95. The highest BCUT2D eigenvalue weighted by atomic mass is 35.5. The first-order valence-electron chi connectivity index (χ1n) is 8.76. The Morgan fingerprint density at radius 3 is 2.88 bits per heavy atom. The van der Waals surface area contributed by atoms with E-state index in [1.807, 2.05) is 36.4 Å². The zero-order valence-electron chi connectivity index (χ0n) is 14.7. The van der Waals surface area contributed by atoms with Crippen LogP contribution < -0.4 is 15.0 Å². The number of para-hydroxylation sites is 1. The van der Waals surface area contributed by atoms with Gasteiger partial charge < -0.3 is 19.7 Å². The third kappa shape index (κ3) is 2.86. The van der Waals surface area contributed by atoms with Gasteiger partial charge >= 0.3 is 6.09 Å². The average molecular weight is 373 g/mol. The smallest absolute Gasteiger partial charge is 0.407 e. The number of anilines is 1. The summed E-state index contributed by atoms with van der Waals surface area (Å²) >= 11 is 6.27. The summed E-state index contributed by atoms with van der Waals surface area (Å²) < 4.78 is 11.1. The molecular formula is C20H21ClN2O3. The Hall–Kier alpha value is -2.40. The molecule has 6 heteroatoms. The molecule has 1 N–H and O–H groups in total. The van der Waals surface area contributed by atoms with Gasteiger partial charge in [-0.1, -0.05) is 36.7 Å². The number of halogens is 1. The van der Waals surface area contributed by atoms with Crippen LogP contribution in [-0.4, -0.2) is 25.8 Å². The summed E-state index contributed by atoms with van der Waals surface area (Å²) in [7, 11) is 1.39. The molecule has 0 bridgehead atoms. The summed E-state index contributed by atoms with van der Waals surface area (Å²) in [6.45, 7) is 3.02. The van der Waals surface area contributed by atoms with E-state index in [2.05, 4.69) is 23.2 Å². The monoisotopic (exact) mass is 372 g/mol. The molecule has 2 aromatic rings. The first kappa shape index (κ1) is 17.0. The van der Waals surface area contributed by atoms with Gasteiger partial charge in [0.15, 0.2) is 5.75 Å². The van der Waals surface area contributed by atoms with Crippen molar-refractivity contribution in [3.05, 3.63) is 53.1 Å². The highest BCUT2D eigenvalue weighted by Gasteiger charge is 2.42. The number of methoxy groups -OCH3 is 1. The Bertz CT molecular complexity index is 842. The SMILES string of the molecule is COC(=O)N[C@@H]1[C@H](C)CCN2c3cc(Cl)ccc3Oc3ccccc3[C@@H]12. The molecular weight excluding hydrogens is 352 g/mol. The van der Waals surface area contributed by atoms with Gasteiger partial charge in [-0.25, -0.2) is 4.79 Å². The van der Waals surface area contributed by atoms with E-state index in [9.17, 15) is 4.79 Å². The van der Waals surface area contributed by atoms with Crippen molar-refractivity contribution >= 4 is 23.4 Å². The summed E-state index contributed by atoms with van der Waals surface area (Å²) in [5.74, 6) is 1.87. The van der Waals surface area contributed by atoms with Crippen LogP contribution in [0.5, 0.6) is 11.5 Å². The van der Waals surface area contributed by atoms with Crippen LogP contribution in [0.15, 0.2) is 42.5 Å². The number of benzene rings is 2. The number of rotatable bonds is 1. The third-order valence-corrected chi connectivity index (χ3v) is 5.51. The van der Waals surface area contributed by atoms with Crippen molar-refractivity contribution in [1.82, 2.24) is 5.32 Å². The van der Waals surface area contributed by atoms with E-state index < -0.39 is 6.09 Å². The van der Waals surface area contributed by atoms with Crippen LogP contribution in [0, 0.1) is 5.92 Å². The number of fused-ring (bicyclic) bond motifs is 5. The van der Waals surface area contributed by atoms with E-state index in [4.69, 9.17) is 21.1 Å². The summed E-state index contributed by atoms with van der Waals surface area (Å²) in [6.07, 6.45) is 0.525. The van der Waals surface area contributed by atoms with E-state index >= 15 is 0 Å². The highest BCUT2D eigenvalue weighted by Crippen LogP contribution is 2.49. The van der Waals surface area contributed by atoms with Gasteiger partial charge in [0.25, 0.3) is 0 Å². The van der Waals surface area contributed by atoms with Crippen molar-refractivity contribution in [2.45, 2.75) is 25.4 Å². The van der Waals surface area contributed by atoms with E-state index in [0.717, 1.165) is 35.7 Å². The van der Waals surface area contributed by atoms with Gasteiger partial charge in [0.2, 0.25) is 0 Å². The summed E-state index contributed by atoms with van der Waals surface area (Å²) in [5, 5.41) is 3.70. The number of alkyl carbamates (subject to hydrolysis) is 1. The number of ether oxygens (including phenoxy) is 2. The molecule has 3 atom stereocenters. The largest absolute Gasteiger partial charge is 0.455 e. The molecule has 2 aliphatic heterocycles. The summed E-state index contributed by atoms with van der Waals surface area (Å²) in [4.78, 5) is 14.3. The van der Waals surface area contributed by atoms with Gasteiger partial charge in [0.1, 0.15) is 5.75 Å². The maximum absolute atomic E-state index is 12.0. The molecule has 0 radical (unpaired) electrons. The number of carbonyl (C=O) groups excluding carboxylic acids is 1. The minimum Gasteiger partial charge on any atom is -0.455 e. The minimum atomic E-state index is -0.419. The summed E-state index contributed by atoms with van der Waals surface area (Å²) in [6, 6.07) is 13.5. The van der Waals surface area contributed by atoms with Crippen molar-refractivity contribution < 1.29 is 14.3 Å². The van der Waals surface area contributed by atoms with Crippen LogP contribution in [0.1, 0.15) is 24.9 Å². The van der Waals surface area contributed by atoms with Crippen LogP contribution in [0.4, 0.5) is 10.5 Å². The Balaban J connectivity index is 1.87. The molecule has 1 fully saturated rings.